The van der Waals surface area contributed by atoms with Gasteiger partial charge in [-0.05, 0) is 95.1 Å². The molecule has 0 aliphatic rings. The Balaban J connectivity index is 1.66. The fourth-order valence-electron chi connectivity index (χ4n) is 2.95. The van der Waals surface area contributed by atoms with E-state index in [1.54, 1.807) is 13.2 Å². The van der Waals surface area contributed by atoms with Crippen LogP contribution in [0.3, 0.4) is 0 Å². The first-order valence-electron chi connectivity index (χ1n) is 9.57. The van der Waals surface area contributed by atoms with Crippen molar-refractivity contribution in [3.8, 4) is 11.5 Å². The molecule has 30 heavy (non-hydrogen) atoms. The van der Waals surface area contributed by atoms with Crippen molar-refractivity contribution in [1.82, 2.24) is 0 Å². The quantitative estimate of drug-likeness (QED) is 0.305. The summed E-state index contributed by atoms with van der Waals surface area (Å²) in [6, 6.07) is 19.6. The van der Waals surface area contributed by atoms with E-state index in [2.05, 4.69) is 40.9 Å². The largest absolute Gasteiger partial charge is 0.493 e. The van der Waals surface area contributed by atoms with Gasteiger partial charge in [0.15, 0.2) is 11.5 Å². The van der Waals surface area contributed by atoms with Crippen LogP contribution in [-0.4, -0.2) is 13.0 Å². The Morgan fingerprint density at radius 2 is 1.80 bits per heavy atom. The molecule has 3 rings (SSSR count). The molecule has 1 N–H and O–H groups in total. The molecule has 5 heteroatoms. The van der Waals surface area contributed by atoms with Gasteiger partial charge in [-0.15, -0.1) is 0 Å². The van der Waals surface area contributed by atoms with Crippen LogP contribution in [0.15, 0.2) is 66.7 Å². The highest BCUT2D eigenvalue weighted by Crippen LogP contribution is 2.29. The predicted octanol–water partition coefficient (Wildman–Crippen LogP) is 6.15. The van der Waals surface area contributed by atoms with Gasteiger partial charge in [0, 0.05) is 15.3 Å². The first kappa shape index (κ1) is 21.9. The number of methoxy groups -OCH3 is 1. The van der Waals surface area contributed by atoms with Crippen LogP contribution >= 0.6 is 22.6 Å². The van der Waals surface area contributed by atoms with Crippen molar-refractivity contribution < 1.29 is 14.3 Å². The van der Waals surface area contributed by atoms with Crippen LogP contribution in [0.25, 0.3) is 6.08 Å². The van der Waals surface area contributed by atoms with Gasteiger partial charge in [0.25, 0.3) is 0 Å². The average molecular weight is 513 g/mol. The summed E-state index contributed by atoms with van der Waals surface area (Å²) >= 11 is 2.25. The summed E-state index contributed by atoms with van der Waals surface area (Å²) in [5, 5.41) is 2.91. The van der Waals surface area contributed by atoms with Crippen LogP contribution in [0.1, 0.15) is 22.3 Å². The molecular weight excluding hydrogens is 489 g/mol. The molecule has 4 nitrogen and oxygen atoms in total. The summed E-state index contributed by atoms with van der Waals surface area (Å²) < 4.78 is 12.6. The third-order valence-electron chi connectivity index (χ3n) is 4.71. The molecule has 0 spiro atoms. The molecule has 0 aromatic heterocycles. The van der Waals surface area contributed by atoms with Crippen molar-refractivity contribution in [2.24, 2.45) is 0 Å². The first-order valence-corrected chi connectivity index (χ1v) is 10.6. The Bertz CT molecular complexity index is 1080. The zero-order valence-corrected chi connectivity index (χ0v) is 19.4. The molecule has 0 heterocycles. The van der Waals surface area contributed by atoms with E-state index in [-0.39, 0.29) is 5.91 Å². The van der Waals surface area contributed by atoms with Gasteiger partial charge in [-0.3, -0.25) is 4.79 Å². The smallest absolute Gasteiger partial charge is 0.248 e. The second-order valence-electron chi connectivity index (χ2n) is 6.91. The molecule has 0 fully saturated rings. The molecule has 154 valence electrons. The highest BCUT2D eigenvalue weighted by Gasteiger charge is 2.07. The number of carbonyl (C=O) groups is 1. The van der Waals surface area contributed by atoms with Crippen LogP contribution in [0.5, 0.6) is 11.5 Å². The van der Waals surface area contributed by atoms with Gasteiger partial charge in [-0.1, -0.05) is 30.3 Å². The summed E-state index contributed by atoms with van der Waals surface area (Å²) in [5.41, 5.74) is 5.00. The van der Waals surface area contributed by atoms with Crippen molar-refractivity contribution in [3.05, 3.63) is 92.6 Å². The van der Waals surface area contributed by atoms with E-state index in [4.69, 9.17) is 9.47 Å². The van der Waals surface area contributed by atoms with Gasteiger partial charge < -0.3 is 14.8 Å². The number of ether oxygens (including phenoxy) is 2. The van der Waals surface area contributed by atoms with E-state index in [1.165, 1.54) is 11.6 Å². The zero-order valence-electron chi connectivity index (χ0n) is 17.2. The number of hydrogen-bond donors (Lipinski definition) is 1. The van der Waals surface area contributed by atoms with Gasteiger partial charge in [0.05, 0.1) is 7.11 Å². The number of nitrogens with one attached hydrogen (secondary N) is 1. The number of anilines is 1. The normalized spacial score (nSPS) is 10.8. The van der Waals surface area contributed by atoms with Crippen LogP contribution in [0.2, 0.25) is 0 Å². The van der Waals surface area contributed by atoms with Crippen LogP contribution in [-0.2, 0) is 11.4 Å². The van der Waals surface area contributed by atoms with E-state index in [9.17, 15) is 4.79 Å². The third-order valence-corrected chi connectivity index (χ3v) is 5.38. The molecule has 0 atom stereocenters. The minimum absolute atomic E-state index is 0.182. The molecule has 1 amide bonds. The number of aryl methyl sites for hydroxylation is 2. The lowest BCUT2D eigenvalue weighted by Crippen LogP contribution is -2.08. The van der Waals surface area contributed by atoms with E-state index >= 15 is 0 Å². The maximum Gasteiger partial charge on any atom is 0.248 e. The summed E-state index contributed by atoms with van der Waals surface area (Å²) in [6.45, 7) is 4.50. The number of hydrogen-bond acceptors (Lipinski definition) is 3. The minimum Gasteiger partial charge on any atom is -0.493 e. The van der Waals surface area contributed by atoms with Gasteiger partial charge >= 0.3 is 0 Å². The number of carbonyl (C=O) groups excluding carboxylic acids is 1. The Kier molecular flexibility index (Phi) is 7.52. The number of halogens is 1. The lowest BCUT2D eigenvalue weighted by molar-refractivity contribution is -0.111. The molecule has 0 aliphatic heterocycles. The lowest BCUT2D eigenvalue weighted by atomic mass is 10.1. The van der Waals surface area contributed by atoms with E-state index < -0.39 is 0 Å². The van der Waals surface area contributed by atoms with Crippen molar-refractivity contribution in [2.45, 2.75) is 20.5 Å². The van der Waals surface area contributed by atoms with Gasteiger partial charge in [0.1, 0.15) is 6.61 Å². The topological polar surface area (TPSA) is 47.6 Å². The van der Waals surface area contributed by atoms with Crippen molar-refractivity contribution in [2.75, 3.05) is 12.4 Å². The monoisotopic (exact) mass is 513 g/mol. The fraction of sp³-hybridized carbons (Fsp3) is 0.160. The Hall–Kier alpha value is -2.80. The minimum atomic E-state index is -0.182. The standard InChI is InChI=1S/C25H24INO3/c1-17-6-4-5-7-20(17)16-30-23-12-8-19(15-24(23)29-3)9-13-25(28)27-22-11-10-21(26)14-18(22)2/h4-15H,16H2,1-3H3,(H,27,28). The molecule has 3 aromatic rings. The second kappa shape index (κ2) is 10.3. The third kappa shape index (κ3) is 5.86. The molecule has 0 unspecified atom stereocenters. The Labute approximate surface area is 191 Å². The molecular formula is C25H24INO3. The van der Waals surface area contributed by atoms with Crippen molar-refractivity contribution >= 4 is 40.3 Å². The summed E-state index contributed by atoms with van der Waals surface area (Å²) in [6.07, 6.45) is 3.27. The van der Waals surface area contributed by atoms with Crippen LogP contribution in [0.4, 0.5) is 5.69 Å². The maximum atomic E-state index is 12.3. The molecule has 3 aromatic carbocycles. The summed E-state index contributed by atoms with van der Waals surface area (Å²) in [4.78, 5) is 12.3. The molecule has 0 radical (unpaired) electrons. The van der Waals surface area contributed by atoms with E-state index in [0.29, 0.717) is 18.1 Å². The highest BCUT2D eigenvalue weighted by molar-refractivity contribution is 14.1. The Morgan fingerprint density at radius 3 is 2.53 bits per heavy atom. The zero-order chi connectivity index (χ0) is 21.5. The first-order chi connectivity index (χ1) is 14.5. The van der Waals surface area contributed by atoms with Crippen LogP contribution < -0.4 is 14.8 Å². The van der Waals surface area contributed by atoms with Crippen molar-refractivity contribution in [1.29, 1.82) is 0 Å². The van der Waals surface area contributed by atoms with Gasteiger partial charge in [0.2, 0.25) is 5.91 Å². The number of rotatable bonds is 7. The molecule has 0 saturated heterocycles. The van der Waals surface area contributed by atoms with Gasteiger partial charge in [-0.25, -0.2) is 0 Å². The molecule has 0 aliphatic carbocycles. The number of benzene rings is 3. The number of amides is 1. The Morgan fingerprint density at radius 1 is 1.00 bits per heavy atom. The van der Waals surface area contributed by atoms with E-state index in [1.807, 2.05) is 61.5 Å². The summed E-state index contributed by atoms with van der Waals surface area (Å²) in [5.74, 6) is 1.11. The predicted molar refractivity (Wildman–Crippen MR) is 130 cm³/mol. The SMILES string of the molecule is COc1cc(C=CC(=O)Nc2ccc(I)cc2C)ccc1OCc1ccccc1C. The van der Waals surface area contributed by atoms with Crippen LogP contribution in [0, 0.1) is 17.4 Å². The maximum absolute atomic E-state index is 12.3. The summed E-state index contributed by atoms with van der Waals surface area (Å²) in [7, 11) is 1.61. The highest BCUT2D eigenvalue weighted by atomic mass is 127. The fourth-order valence-corrected chi connectivity index (χ4v) is 3.60. The lowest BCUT2D eigenvalue weighted by Gasteiger charge is -2.12. The average Bonchev–Trinajstić information content (AvgIpc) is 2.74. The second-order valence-corrected chi connectivity index (χ2v) is 8.15. The molecule has 0 bridgehead atoms. The molecule has 0 saturated carbocycles. The van der Waals surface area contributed by atoms with Gasteiger partial charge in [-0.2, -0.15) is 0 Å². The van der Waals surface area contributed by atoms with Crippen molar-refractivity contribution in [3.63, 3.8) is 0 Å². The van der Waals surface area contributed by atoms with E-state index in [0.717, 1.165) is 25.9 Å².